The molecule has 154 valence electrons. The van der Waals surface area contributed by atoms with Gasteiger partial charge >= 0.3 is 12.4 Å². The zero-order valence-corrected chi connectivity index (χ0v) is 15.2. The lowest BCUT2D eigenvalue weighted by atomic mass is 10.1. The lowest BCUT2D eigenvalue weighted by Crippen LogP contribution is -2.29. The maximum atomic E-state index is 13.3. The summed E-state index contributed by atoms with van der Waals surface area (Å²) in [5.41, 5.74) is -6.54. The van der Waals surface area contributed by atoms with Gasteiger partial charge in [-0.15, -0.1) is 0 Å². The normalized spacial score (nSPS) is 11.8. The first-order valence-corrected chi connectivity index (χ1v) is 8.02. The molecule has 12 heteroatoms. The molecular formula is C17H10ClF6N3O2. The highest BCUT2D eigenvalue weighted by Gasteiger charge is 2.39. The molecule has 0 bridgehead atoms. The lowest BCUT2D eigenvalue weighted by molar-refractivity contribution is -0.141. The molecule has 0 N–H and O–H groups in total. The van der Waals surface area contributed by atoms with E-state index in [4.69, 9.17) is 16.3 Å². The van der Waals surface area contributed by atoms with Gasteiger partial charge < -0.3 is 4.74 Å². The van der Waals surface area contributed by atoms with Crippen LogP contribution in [0, 0.1) is 11.3 Å². The number of nitriles is 1. The van der Waals surface area contributed by atoms with Crippen LogP contribution in [0.15, 0.2) is 29.8 Å². The summed E-state index contributed by atoms with van der Waals surface area (Å²) in [6.07, 6.45) is -9.47. The summed E-state index contributed by atoms with van der Waals surface area (Å²) in [6, 6.07) is 2.31. The van der Waals surface area contributed by atoms with E-state index in [1.54, 1.807) is 0 Å². The predicted molar refractivity (Wildman–Crippen MR) is 90.2 cm³/mol. The number of alkyl halides is 6. The molecule has 0 aliphatic rings. The molecule has 0 aliphatic heterocycles. The Kier molecular flexibility index (Phi) is 5.99. The van der Waals surface area contributed by atoms with E-state index < -0.39 is 56.8 Å². The maximum absolute atomic E-state index is 13.3. The van der Waals surface area contributed by atoms with Crippen LogP contribution in [-0.4, -0.2) is 16.2 Å². The summed E-state index contributed by atoms with van der Waals surface area (Å²) in [4.78, 5) is 15.9. The number of hydrogen-bond acceptors (Lipinski definition) is 4. The third-order valence-corrected chi connectivity index (χ3v) is 3.88. The van der Waals surface area contributed by atoms with Gasteiger partial charge in [0.2, 0.25) is 0 Å². The molecule has 0 amide bonds. The highest BCUT2D eigenvalue weighted by atomic mass is 35.5. The largest absolute Gasteiger partial charge is 0.494 e. The second-order valence-electron chi connectivity index (χ2n) is 5.46. The van der Waals surface area contributed by atoms with Crippen molar-refractivity contribution in [2.75, 3.05) is 6.61 Å². The van der Waals surface area contributed by atoms with Gasteiger partial charge in [0.15, 0.2) is 5.69 Å². The van der Waals surface area contributed by atoms with Crippen molar-refractivity contribution >= 4 is 17.4 Å². The average molecular weight is 438 g/mol. The molecule has 2 rings (SSSR count). The van der Waals surface area contributed by atoms with Crippen molar-refractivity contribution in [2.45, 2.75) is 19.3 Å². The van der Waals surface area contributed by atoms with Gasteiger partial charge in [-0.25, -0.2) is 4.98 Å². The highest BCUT2D eigenvalue weighted by molar-refractivity contribution is 6.32. The fourth-order valence-corrected chi connectivity index (χ4v) is 2.73. The van der Waals surface area contributed by atoms with Crippen molar-refractivity contribution in [1.82, 2.24) is 9.55 Å². The SMILES string of the molecule is C=C(OCC)c1c(C(F)(F)F)ncn(-c2c(Cl)cc(C(F)(F)F)cc2C#N)c1=O. The standard InChI is InChI=1S/C17H10ClF6N3O2/c1-3-29-8(2)12-14(17(22,23)24)26-7-27(15(12)28)13-9(6-25)4-10(5-11(13)18)16(19,20)21/h4-5,7H,2-3H2,1H3. The van der Waals surface area contributed by atoms with Crippen LogP contribution >= 0.6 is 11.6 Å². The van der Waals surface area contributed by atoms with Crippen molar-refractivity contribution in [1.29, 1.82) is 5.26 Å². The summed E-state index contributed by atoms with van der Waals surface area (Å²) in [6.45, 7) is 4.60. The lowest BCUT2D eigenvalue weighted by Gasteiger charge is -2.17. The Bertz CT molecular complexity index is 1070. The summed E-state index contributed by atoms with van der Waals surface area (Å²) < 4.78 is 83.9. The van der Waals surface area contributed by atoms with Gasteiger partial charge in [-0.1, -0.05) is 18.2 Å². The topological polar surface area (TPSA) is 67.9 Å². The van der Waals surface area contributed by atoms with E-state index in [1.807, 2.05) is 0 Å². The number of ether oxygens (including phenoxy) is 1. The van der Waals surface area contributed by atoms with Crippen molar-refractivity contribution < 1.29 is 31.1 Å². The van der Waals surface area contributed by atoms with Crippen molar-refractivity contribution in [3.63, 3.8) is 0 Å². The molecule has 0 aliphatic carbocycles. The van der Waals surface area contributed by atoms with Crippen LogP contribution in [-0.2, 0) is 17.1 Å². The first-order valence-electron chi connectivity index (χ1n) is 7.65. The fourth-order valence-electron chi connectivity index (χ4n) is 2.42. The second kappa shape index (κ2) is 7.79. The van der Waals surface area contributed by atoms with Crippen molar-refractivity contribution in [3.05, 3.63) is 62.8 Å². The van der Waals surface area contributed by atoms with Gasteiger partial charge in [0.05, 0.1) is 28.4 Å². The van der Waals surface area contributed by atoms with Gasteiger partial charge in [-0.3, -0.25) is 9.36 Å². The maximum Gasteiger partial charge on any atom is 0.434 e. The third-order valence-electron chi connectivity index (χ3n) is 3.59. The number of benzene rings is 1. The molecule has 0 saturated carbocycles. The predicted octanol–water partition coefficient (Wildman–Crippen LogP) is 4.80. The van der Waals surface area contributed by atoms with E-state index in [1.165, 1.54) is 13.0 Å². The van der Waals surface area contributed by atoms with Crippen LogP contribution in [0.2, 0.25) is 5.02 Å². The number of nitrogens with zero attached hydrogens (tertiary/aromatic N) is 3. The molecule has 0 fully saturated rings. The third kappa shape index (κ3) is 4.37. The second-order valence-corrected chi connectivity index (χ2v) is 5.87. The van der Waals surface area contributed by atoms with Crippen LogP contribution in [0.4, 0.5) is 26.3 Å². The molecule has 5 nitrogen and oxygen atoms in total. The van der Waals surface area contributed by atoms with Crippen LogP contribution in [0.1, 0.15) is 29.3 Å². The molecule has 0 saturated heterocycles. The van der Waals surface area contributed by atoms with Gasteiger partial charge in [0.25, 0.3) is 5.56 Å². The van der Waals surface area contributed by atoms with E-state index in [0.29, 0.717) is 23.0 Å². The number of halogens is 7. The van der Waals surface area contributed by atoms with E-state index in [2.05, 4.69) is 11.6 Å². The van der Waals surface area contributed by atoms with Crippen LogP contribution in [0.5, 0.6) is 0 Å². The van der Waals surface area contributed by atoms with Gasteiger partial charge in [-0.05, 0) is 19.1 Å². The Labute approximate surface area is 164 Å². The quantitative estimate of drug-likeness (QED) is 0.509. The van der Waals surface area contributed by atoms with Crippen molar-refractivity contribution in [3.8, 4) is 11.8 Å². The molecule has 1 heterocycles. The Morgan fingerprint density at radius 3 is 2.38 bits per heavy atom. The Morgan fingerprint density at radius 1 is 1.28 bits per heavy atom. The molecule has 0 radical (unpaired) electrons. The zero-order chi connectivity index (χ0) is 22.1. The molecule has 1 aromatic heterocycles. The first-order chi connectivity index (χ1) is 13.3. The van der Waals surface area contributed by atoms with E-state index >= 15 is 0 Å². The fraction of sp³-hybridized carbons (Fsp3) is 0.235. The minimum absolute atomic E-state index is 0.116. The van der Waals surface area contributed by atoms with Crippen LogP contribution in [0.3, 0.4) is 0 Å². The van der Waals surface area contributed by atoms with Gasteiger partial charge in [-0.2, -0.15) is 31.6 Å². The molecular weight excluding hydrogens is 428 g/mol. The summed E-state index contributed by atoms with van der Waals surface area (Å²) in [5.74, 6) is -0.645. The molecule has 0 atom stereocenters. The summed E-state index contributed by atoms with van der Waals surface area (Å²) >= 11 is 5.83. The molecule has 29 heavy (non-hydrogen) atoms. The molecule has 0 unspecified atom stereocenters. The zero-order valence-electron chi connectivity index (χ0n) is 14.5. The Morgan fingerprint density at radius 2 is 1.90 bits per heavy atom. The average Bonchev–Trinajstić information content (AvgIpc) is 2.59. The van der Waals surface area contributed by atoms with E-state index in [-0.39, 0.29) is 6.61 Å². The molecule has 0 spiro atoms. The molecule has 2 aromatic rings. The Balaban J connectivity index is 2.88. The number of rotatable bonds is 4. The highest BCUT2D eigenvalue weighted by Crippen LogP contribution is 2.36. The van der Waals surface area contributed by atoms with E-state index in [9.17, 15) is 36.4 Å². The summed E-state index contributed by atoms with van der Waals surface area (Å²) in [5, 5.41) is 8.51. The first kappa shape index (κ1) is 22.3. The number of hydrogen-bond donors (Lipinski definition) is 0. The number of aromatic nitrogens is 2. The molecule has 1 aromatic carbocycles. The minimum Gasteiger partial charge on any atom is -0.494 e. The van der Waals surface area contributed by atoms with Crippen molar-refractivity contribution in [2.24, 2.45) is 0 Å². The summed E-state index contributed by atoms with van der Waals surface area (Å²) in [7, 11) is 0. The monoisotopic (exact) mass is 437 g/mol. The van der Waals surface area contributed by atoms with Gasteiger partial charge in [0.1, 0.15) is 23.7 Å². The van der Waals surface area contributed by atoms with Crippen LogP contribution < -0.4 is 5.56 Å². The van der Waals surface area contributed by atoms with Gasteiger partial charge in [0, 0.05) is 0 Å². The van der Waals surface area contributed by atoms with E-state index in [0.717, 1.165) is 0 Å². The van der Waals surface area contributed by atoms with Crippen LogP contribution in [0.25, 0.3) is 11.4 Å². The minimum atomic E-state index is -5.05. The Hall–Kier alpha value is -3.00. The smallest absolute Gasteiger partial charge is 0.434 e.